The second-order valence-corrected chi connectivity index (χ2v) is 8.93. The highest BCUT2D eigenvalue weighted by Crippen LogP contribution is 2.50. The van der Waals surface area contributed by atoms with Crippen molar-refractivity contribution in [3.63, 3.8) is 0 Å². The Balaban J connectivity index is 1.80. The summed E-state index contributed by atoms with van der Waals surface area (Å²) in [6.45, 7) is 5.68. The zero-order valence-corrected chi connectivity index (χ0v) is 17.1. The molecule has 0 radical (unpaired) electrons. The van der Waals surface area contributed by atoms with Crippen LogP contribution in [-0.4, -0.2) is 22.9 Å². The van der Waals surface area contributed by atoms with E-state index in [-0.39, 0.29) is 5.82 Å². The van der Waals surface area contributed by atoms with Gasteiger partial charge >= 0.3 is 0 Å². The number of rotatable bonds is 3. The number of hydrogen-bond donors (Lipinski definition) is 1. The molecule has 0 bridgehead atoms. The molecule has 0 spiro atoms. The van der Waals surface area contributed by atoms with Crippen LogP contribution in [0.25, 0.3) is 16.6 Å². The Morgan fingerprint density at radius 3 is 2.48 bits per heavy atom. The molecular weight excluding hydrogens is 365 g/mol. The van der Waals surface area contributed by atoms with E-state index in [1.807, 2.05) is 31.2 Å². The number of aromatic nitrogens is 1. The zero-order valence-electron chi connectivity index (χ0n) is 17.1. The highest BCUT2D eigenvalue weighted by atomic mass is 19.1. The van der Waals surface area contributed by atoms with Gasteiger partial charge in [-0.1, -0.05) is 6.92 Å². The number of ether oxygens (including phenoxy) is 1. The molecule has 2 aliphatic rings. The van der Waals surface area contributed by atoms with Gasteiger partial charge in [0.1, 0.15) is 11.6 Å². The number of halogens is 1. The summed E-state index contributed by atoms with van der Waals surface area (Å²) in [6.07, 6.45) is 4.37. The van der Waals surface area contributed by atoms with Gasteiger partial charge in [-0.3, -0.25) is 0 Å². The lowest BCUT2D eigenvalue weighted by molar-refractivity contribution is 0.0838. The predicted octanol–water partition coefficient (Wildman–Crippen LogP) is 6.19. The number of nitrogens with zero attached hydrogens (tertiary/aromatic N) is 1. The Hall–Kier alpha value is -2.33. The van der Waals surface area contributed by atoms with Gasteiger partial charge in [0.15, 0.2) is 0 Å². The molecule has 29 heavy (non-hydrogen) atoms. The number of hydrogen-bond acceptors (Lipinski definition) is 2. The summed E-state index contributed by atoms with van der Waals surface area (Å²) in [5.74, 6) is 1.80. The van der Waals surface area contributed by atoms with Crippen LogP contribution in [0.1, 0.15) is 61.3 Å². The van der Waals surface area contributed by atoms with E-state index in [0.29, 0.717) is 23.1 Å². The van der Waals surface area contributed by atoms with E-state index in [4.69, 9.17) is 4.74 Å². The van der Waals surface area contributed by atoms with E-state index in [1.54, 1.807) is 12.1 Å². The number of phenolic OH excluding ortho intramolecular Hbond substituents is 1. The first-order valence-corrected chi connectivity index (χ1v) is 10.7. The fourth-order valence-electron chi connectivity index (χ4n) is 5.31. The average Bonchev–Trinajstić information content (AvgIpc) is 3.02. The minimum atomic E-state index is -0.177. The maximum Gasteiger partial charge on any atom is 0.126 e. The molecule has 2 fully saturated rings. The fraction of sp³-hybridized carbons (Fsp3) is 0.440. The van der Waals surface area contributed by atoms with Crippen molar-refractivity contribution in [3.8, 4) is 11.4 Å². The van der Waals surface area contributed by atoms with Crippen LogP contribution in [0.5, 0.6) is 5.75 Å². The Bertz CT molecular complexity index is 1060. The van der Waals surface area contributed by atoms with Gasteiger partial charge < -0.3 is 14.4 Å². The molecule has 1 N–H and O–H groups in total. The average molecular weight is 394 g/mol. The predicted molar refractivity (Wildman–Crippen MR) is 114 cm³/mol. The van der Waals surface area contributed by atoms with E-state index < -0.39 is 0 Å². The lowest BCUT2D eigenvalue weighted by atomic mass is 9.70. The second-order valence-electron chi connectivity index (χ2n) is 8.93. The number of aryl methyl sites for hydroxylation is 1. The number of aromatic hydroxyl groups is 1. The molecule has 2 heterocycles. The van der Waals surface area contributed by atoms with Gasteiger partial charge in [-0.25, -0.2) is 4.39 Å². The van der Waals surface area contributed by atoms with Crippen molar-refractivity contribution in [1.29, 1.82) is 0 Å². The molecule has 1 saturated carbocycles. The van der Waals surface area contributed by atoms with Crippen LogP contribution in [0, 0.1) is 18.7 Å². The van der Waals surface area contributed by atoms with E-state index in [1.165, 1.54) is 24.1 Å². The molecule has 0 unspecified atom stereocenters. The van der Waals surface area contributed by atoms with Crippen molar-refractivity contribution < 1.29 is 14.2 Å². The van der Waals surface area contributed by atoms with Crippen LogP contribution < -0.4 is 0 Å². The second kappa shape index (κ2) is 7.17. The highest BCUT2D eigenvalue weighted by Gasteiger charge is 2.35. The summed E-state index contributed by atoms with van der Waals surface area (Å²) in [6, 6.07) is 11.1. The molecular formula is C25H28FNO2. The zero-order chi connectivity index (χ0) is 20.1. The largest absolute Gasteiger partial charge is 0.508 e. The third kappa shape index (κ3) is 3.14. The van der Waals surface area contributed by atoms with E-state index >= 15 is 0 Å². The van der Waals surface area contributed by atoms with Crippen LogP contribution in [0.2, 0.25) is 0 Å². The first-order chi connectivity index (χ1) is 14.0. The van der Waals surface area contributed by atoms with Gasteiger partial charge in [0.25, 0.3) is 0 Å². The van der Waals surface area contributed by atoms with Gasteiger partial charge in [-0.15, -0.1) is 0 Å². The van der Waals surface area contributed by atoms with Crippen LogP contribution >= 0.6 is 0 Å². The Morgan fingerprint density at radius 2 is 1.79 bits per heavy atom. The third-order valence-electron chi connectivity index (χ3n) is 6.82. The van der Waals surface area contributed by atoms with Crippen molar-refractivity contribution in [2.45, 2.75) is 51.4 Å². The third-order valence-corrected chi connectivity index (χ3v) is 6.82. The maximum atomic E-state index is 14.0. The first kappa shape index (κ1) is 18.7. The lowest BCUT2D eigenvalue weighted by Crippen LogP contribution is -2.23. The Labute approximate surface area is 171 Å². The van der Waals surface area contributed by atoms with Gasteiger partial charge in [0.05, 0.1) is 5.52 Å². The van der Waals surface area contributed by atoms with Crippen LogP contribution in [0.15, 0.2) is 36.4 Å². The van der Waals surface area contributed by atoms with Crippen molar-refractivity contribution in [1.82, 2.24) is 4.57 Å². The summed E-state index contributed by atoms with van der Waals surface area (Å²) >= 11 is 0. The lowest BCUT2D eigenvalue weighted by Gasteiger charge is -2.35. The van der Waals surface area contributed by atoms with Crippen LogP contribution in [0.4, 0.5) is 4.39 Å². The topological polar surface area (TPSA) is 34.4 Å². The summed E-state index contributed by atoms with van der Waals surface area (Å²) in [5, 5.41) is 11.4. The van der Waals surface area contributed by atoms with Gasteiger partial charge in [-0.2, -0.15) is 0 Å². The molecule has 0 amide bonds. The molecule has 2 aromatic carbocycles. The Morgan fingerprint density at radius 1 is 1.03 bits per heavy atom. The molecule has 1 aromatic heterocycles. The summed E-state index contributed by atoms with van der Waals surface area (Å²) in [5.41, 5.74) is 5.49. The van der Waals surface area contributed by atoms with Crippen molar-refractivity contribution >= 4 is 10.9 Å². The number of phenols is 1. The molecule has 4 heteroatoms. The van der Waals surface area contributed by atoms with Crippen molar-refractivity contribution in [2.75, 3.05) is 13.2 Å². The van der Waals surface area contributed by atoms with Crippen LogP contribution in [0.3, 0.4) is 0 Å². The molecule has 152 valence electrons. The van der Waals surface area contributed by atoms with Crippen molar-refractivity contribution in [2.24, 2.45) is 5.92 Å². The molecule has 0 atom stereocenters. The highest BCUT2D eigenvalue weighted by molar-refractivity contribution is 5.89. The quantitative estimate of drug-likeness (QED) is 0.576. The van der Waals surface area contributed by atoms with E-state index in [2.05, 4.69) is 11.5 Å². The number of benzene rings is 2. The van der Waals surface area contributed by atoms with E-state index in [0.717, 1.165) is 48.6 Å². The van der Waals surface area contributed by atoms with Crippen molar-refractivity contribution in [3.05, 3.63) is 59.0 Å². The summed E-state index contributed by atoms with van der Waals surface area (Å²) in [7, 11) is 0. The minimum Gasteiger partial charge on any atom is -0.508 e. The monoisotopic (exact) mass is 393 g/mol. The molecule has 1 saturated heterocycles. The molecule has 3 aromatic rings. The minimum absolute atomic E-state index is 0.177. The molecule has 5 rings (SSSR count). The standard InChI is InChI=1S/C25H28FNO2/c1-15-11-18(12-15)24-21-14-20(28)4-6-23(21)27(19-3-5-22(26)16(2)13-19)25(24)17-7-9-29-10-8-17/h3-6,13-15,17-18,28H,7-12H2,1-2H3. The smallest absolute Gasteiger partial charge is 0.126 e. The molecule has 1 aliphatic heterocycles. The normalized spacial score (nSPS) is 22.7. The van der Waals surface area contributed by atoms with Crippen LogP contribution in [-0.2, 0) is 4.74 Å². The summed E-state index contributed by atoms with van der Waals surface area (Å²) in [4.78, 5) is 0. The van der Waals surface area contributed by atoms with Gasteiger partial charge in [0.2, 0.25) is 0 Å². The number of fused-ring (bicyclic) bond motifs is 1. The molecule has 3 nitrogen and oxygen atoms in total. The van der Waals surface area contributed by atoms with Gasteiger partial charge in [0, 0.05) is 35.9 Å². The first-order valence-electron chi connectivity index (χ1n) is 10.7. The molecule has 1 aliphatic carbocycles. The summed E-state index contributed by atoms with van der Waals surface area (Å²) < 4.78 is 22.0. The SMILES string of the molecule is Cc1cc(-n2c(C3CCOCC3)c(C3CC(C)C3)c3cc(O)ccc32)ccc1F. The fourth-order valence-corrected chi connectivity index (χ4v) is 5.31. The maximum absolute atomic E-state index is 14.0. The van der Waals surface area contributed by atoms with E-state index in [9.17, 15) is 9.50 Å². The van der Waals surface area contributed by atoms with Gasteiger partial charge in [-0.05, 0) is 92.0 Å². The Kier molecular flexibility index (Phi) is 4.62.